The first-order valence-corrected chi connectivity index (χ1v) is 14.5. The number of rotatable bonds is 11. The van der Waals surface area contributed by atoms with Gasteiger partial charge in [0, 0.05) is 30.4 Å². The van der Waals surface area contributed by atoms with Gasteiger partial charge < -0.3 is 14.7 Å². The van der Waals surface area contributed by atoms with Gasteiger partial charge in [0.05, 0.1) is 13.1 Å². The molecule has 0 unspecified atom stereocenters. The molecule has 200 valence electrons. The minimum absolute atomic E-state index is 0.0612. The lowest BCUT2D eigenvalue weighted by Crippen LogP contribution is -2.45. The average molecular weight is 534 g/mol. The highest BCUT2D eigenvalue weighted by atomic mass is 32.1. The number of nitrogens with zero attached hydrogens (tertiary/aromatic N) is 3. The molecule has 7 heteroatoms. The molecule has 0 bridgehead atoms. The standard InChI is InChI=1S/C31H36FN3O2S/c1-23-13-18-38-29(23)21-35(20-24-9-11-26(32)12-10-24)30(36)22-34(17-16-33-14-5-6-15-33)31(37)28-19-27(28)25-7-3-2-4-8-25/h2-4,7-13,18,27-28H,5-6,14-17,19-22H2,1H3/t27-,28+/m0/s1. The van der Waals surface area contributed by atoms with Crippen LogP contribution in [0.25, 0.3) is 0 Å². The van der Waals surface area contributed by atoms with Gasteiger partial charge in [0.1, 0.15) is 5.82 Å². The second-order valence-electron chi connectivity index (χ2n) is 10.6. The van der Waals surface area contributed by atoms with E-state index in [1.807, 2.05) is 28.5 Å². The lowest BCUT2D eigenvalue weighted by atomic mass is 10.1. The Kier molecular flexibility index (Phi) is 8.55. The molecule has 0 spiro atoms. The summed E-state index contributed by atoms with van der Waals surface area (Å²) in [5.74, 6) is -0.114. The van der Waals surface area contributed by atoms with Gasteiger partial charge in [0.2, 0.25) is 11.8 Å². The van der Waals surface area contributed by atoms with Crippen LogP contribution in [0.2, 0.25) is 0 Å². The van der Waals surface area contributed by atoms with Crippen LogP contribution in [-0.2, 0) is 22.7 Å². The monoisotopic (exact) mass is 533 g/mol. The van der Waals surface area contributed by atoms with Crippen molar-refractivity contribution in [1.82, 2.24) is 14.7 Å². The fraction of sp³-hybridized carbons (Fsp3) is 0.419. The minimum atomic E-state index is -0.295. The Morgan fingerprint density at radius 1 is 0.974 bits per heavy atom. The zero-order chi connectivity index (χ0) is 26.5. The van der Waals surface area contributed by atoms with Gasteiger partial charge >= 0.3 is 0 Å². The Hall–Kier alpha value is -3.03. The highest BCUT2D eigenvalue weighted by Crippen LogP contribution is 2.48. The summed E-state index contributed by atoms with van der Waals surface area (Å²) in [6, 6.07) is 18.6. The van der Waals surface area contributed by atoms with E-state index < -0.39 is 0 Å². The maximum atomic E-state index is 13.8. The number of likely N-dealkylation sites (tertiary alicyclic amines) is 1. The molecule has 2 aromatic carbocycles. The zero-order valence-corrected chi connectivity index (χ0v) is 22.8. The second-order valence-corrected chi connectivity index (χ2v) is 11.6. The number of hydrogen-bond acceptors (Lipinski definition) is 4. The molecule has 2 amide bonds. The van der Waals surface area contributed by atoms with Crippen molar-refractivity contribution in [1.29, 1.82) is 0 Å². The highest BCUT2D eigenvalue weighted by molar-refractivity contribution is 7.10. The van der Waals surface area contributed by atoms with Gasteiger partial charge in [0.25, 0.3) is 0 Å². The van der Waals surface area contributed by atoms with Crippen LogP contribution >= 0.6 is 11.3 Å². The number of amides is 2. The van der Waals surface area contributed by atoms with E-state index in [-0.39, 0.29) is 36.0 Å². The van der Waals surface area contributed by atoms with Crippen LogP contribution in [0.1, 0.15) is 46.7 Å². The van der Waals surface area contributed by atoms with Gasteiger partial charge in [-0.3, -0.25) is 9.59 Å². The van der Waals surface area contributed by atoms with Gasteiger partial charge in [-0.15, -0.1) is 11.3 Å². The number of hydrogen-bond donors (Lipinski definition) is 0. The molecule has 1 aromatic heterocycles. The van der Waals surface area contributed by atoms with E-state index in [0.29, 0.717) is 19.6 Å². The number of halogens is 1. The molecule has 1 saturated carbocycles. The Labute approximate surface area is 228 Å². The molecule has 5 rings (SSSR count). The van der Waals surface area contributed by atoms with E-state index in [1.54, 1.807) is 28.4 Å². The molecular weight excluding hydrogens is 497 g/mol. The van der Waals surface area contributed by atoms with Crippen LogP contribution in [0.15, 0.2) is 66.0 Å². The van der Waals surface area contributed by atoms with Crippen molar-refractivity contribution in [3.8, 4) is 0 Å². The van der Waals surface area contributed by atoms with Gasteiger partial charge in [-0.05, 0) is 85.5 Å². The molecule has 38 heavy (non-hydrogen) atoms. The maximum Gasteiger partial charge on any atom is 0.242 e. The Morgan fingerprint density at radius 3 is 2.39 bits per heavy atom. The van der Waals surface area contributed by atoms with Crippen LogP contribution in [0.5, 0.6) is 0 Å². The Morgan fingerprint density at radius 2 is 1.71 bits per heavy atom. The molecule has 0 N–H and O–H groups in total. The first kappa shape index (κ1) is 26.6. The van der Waals surface area contributed by atoms with Crippen LogP contribution in [0.3, 0.4) is 0 Å². The van der Waals surface area contributed by atoms with Crippen molar-refractivity contribution < 1.29 is 14.0 Å². The number of thiophene rings is 1. The molecular formula is C31H36FN3O2S. The van der Waals surface area contributed by atoms with Crippen molar-refractivity contribution in [3.63, 3.8) is 0 Å². The summed E-state index contributed by atoms with van der Waals surface area (Å²) in [7, 11) is 0. The van der Waals surface area contributed by atoms with E-state index >= 15 is 0 Å². The van der Waals surface area contributed by atoms with Gasteiger partial charge in [0.15, 0.2) is 0 Å². The Bertz CT molecular complexity index is 1220. The van der Waals surface area contributed by atoms with Gasteiger partial charge in [-0.1, -0.05) is 42.5 Å². The normalized spacial score (nSPS) is 18.9. The van der Waals surface area contributed by atoms with Gasteiger partial charge in [-0.2, -0.15) is 0 Å². The van der Waals surface area contributed by atoms with Crippen molar-refractivity contribution in [2.45, 2.75) is 45.2 Å². The third-order valence-corrected chi connectivity index (χ3v) is 8.81. The summed E-state index contributed by atoms with van der Waals surface area (Å²) in [6.45, 7) is 6.44. The summed E-state index contributed by atoms with van der Waals surface area (Å²) in [4.78, 5) is 34.6. The zero-order valence-electron chi connectivity index (χ0n) is 22.0. The molecule has 5 nitrogen and oxygen atoms in total. The van der Waals surface area contributed by atoms with E-state index in [4.69, 9.17) is 0 Å². The minimum Gasteiger partial charge on any atom is -0.332 e. The summed E-state index contributed by atoms with van der Waals surface area (Å²) in [6.07, 6.45) is 3.22. The molecule has 2 atom stereocenters. The first-order chi connectivity index (χ1) is 18.5. The lowest BCUT2D eigenvalue weighted by Gasteiger charge is -2.29. The average Bonchev–Trinajstić information content (AvgIpc) is 3.36. The van der Waals surface area contributed by atoms with Crippen molar-refractivity contribution in [3.05, 3.63) is 93.4 Å². The summed E-state index contributed by atoms with van der Waals surface area (Å²) in [5, 5.41) is 2.04. The predicted octanol–water partition coefficient (Wildman–Crippen LogP) is 5.45. The summed E-state index contributed by atoms with van der Waals surface area (Å²) in [5.41, 5.74) is 3.22. The van der Waals surface area contributed by atoms with Crippen LogP contribution in [-0.4, -0.2) is 59.2 Å². The fourth-order valence-electron chi connectivity index (χ4n) is 5.35. The smallest absolute Gasteiger partial charge is 0.242 e. The molecule has 2 aliphatic rings. The molecule has 1 saturated heterocycles. The van der Waals surface area contributed by atoms with Crippen molar-refractivity contribution >= 4 is 23.2 Å². The highest BCUT2D eigenvalue weighted by Gasteiger charge is 2.46. The molecule has 1 aliphatic carbocycles. The second kappa shape index (κ2) is 12.2. The fourth-order valence-corrected chi connectivity index (χ4v) is 6.27. The van der Waals surface area contributed by atoms with Crippen molar-refractivity contribution in [2.75, 3.05) is 32.7 Å². The molecule has 0 radical (unpaired) electrons. The van der Waals surface area contributed by atoms with Gasteiger partial charge in [-0.25, -0.2) is 4.39 Å². The number of benzene rings is 2. The lowest BCUT2D eigenvalue weighted by molar-refractivity contribution is -0.142. The molecule has 3 aromatic rings. The van der Waals surface area contributed by atoms with E-state index in [1.165, 1.54) is 30.5 Å². The van der Waals surface area contributed by atoms with E-state index in [0.717, 1.165) is 42.1 Å². The summed E-state index contributed by atoms with van der Waals surface area (Å²) < 4.78 is 13.5. The third-order valence-electron chi connectivity index (χ3n) is 7.80. The van der Waals surface area contributed by atoms with Crippen LogP contribution in [0.4, 0.5) is 4.39 Å². The number of aryl methyl sites for hydroxylation is 1. The topological polar surface area (TPSA) is 43.9 Å². The molecule has 1 aliphatic heterocycles. The Balaban J connectivity index is 1.32. The van der Waals surface area contributed by atoms with E-state index in [9.17, 15) is 14.0 Å². The quantitative estimate of drug-likeness (QED) is 0.329. The molecule has 2 heterocycles. The predicted molar refractivity (Wildman–Crippen MR) is 149 cm³/mol. The molecule has 2 fully saturated rings. The van der Waals surface area contributed by atoms with Crippen LogP contribution in [0, 0.1) is 18.7 Å². The third kappa shape index (κ3) is 6.69. The van der Waals surface area contributed by atoms with Crippen LogP contribution < -0.4 is 0 Å². The SMILES string of the molecule is Cc1ccsc1CN(Cc1ccc(F)cc1)C(=O)CN(CCN1CCCC1)C(=O)[C@@H]1C[C@H]1c1ccccc1. The van der Waals surface area contributed by atoms with E-state index in [2.05, 4.69) is 30.0 Å². The number of carbonyl (C=O) groups is 2. The van der Waals surface area contributed by atoms with Crippen molar-refractivity contribution in [2.24, 2.45) is 5.92 Å². The first-order valence-electron chi connectivity index (χ1n) is 13.6. The maximum absolute atomic E-state index is 13.8. The summed E-state index contributed by atoms with van der Waals surface area (Å²) >= 11 is 1.63. The number of carbonyl (C=O) groups excluding carboxylic acids is 2. The largest absolute Gasteiger partial charge is 0.332 e.